The molecule has 0 bridgehead atoms. The van der Waals surface area contributed by atoms with Crippen LogP contribution in [-0.2, 0) is 6.42 Å². The van der Waals surface area contributed by atoms with Crippen LogP contribution in [-0.4, -0.2) is 20.4 Å². The Bertz CT molecular complexity index is 361. The Morgan fingerprint density at radius 1 is 1.00 bits per heavy atom. The molecule has 0 saturated heterocycles. The lowest BCUT2D eigenvalue weighted by Crippen LogP contribution is -1.88. The summed E-state index contributed by atoms with van der Waals surface area (Å²) in [6, 6.07) is 4.06. The predicted octanol–water partition coefficient (Wildman–Crippen LogP) is 1.34. The molecule has 2 aromatic heterocycles. The van der Waals surface area contributed by atoms with Crippen molar-refractivity contribution in [1.82, 2.24) is 20.4 Å². The molecule has 0 aliphatic heterocycles. The van der Waals surface area contributed by atoms with Crippen molar-refractivity contribution >= 4 is 0 Å². The van der Waals surface area contributed by atoms with E-state index in [0.29, 0.717) is 0 Å². The summed E-state index contributed by atoms with van der Waals surface area (Å²) >= 11 is 0. The van der Waals surface area contributed by atoms with E-state index in [9.17, 15) is 0 Å². The van der Waals surface area contributed by atoms with Crippen LogP contribution in [0.3, 0.4) is 0 Å². The standard InChI is InChI=1S/C9H12N4/c1-6-3-8(12-10-6)5-9-4-7(2)11-13-9/h3-4H,5H2,1-2H3,(H,10,12)(H,11,13). The lowest BCUT2D eigenvalue weighted by molar-refractivity contribution is 0.933. The molecule has 0 amide bonds. The van der Waals surface area contributed by atoms with Crippen LogP contribution < -0.4 is 0 Å². The maximum Gasteiger partial charge on any atom is 0.0685 e. The zero-order chi connectivity index (χ0) is 9.26. The van der Waals surface area contributed by atoms with Gasteiger partial charge in [-0.15, -0.1) is 0 Å². The molecule has 0 unspecified atom stereocenters. The first-order valence-electron chi connectivity index (χ1n) is 4.26. The van der Waals surface area contributed by atoms with Crippen LogP contribution in [0, 0.1) is 13.8 Å². The number of H-pyrrole nitrogens is 2. The summed E-state index contributed by atoms with van der Waals surface area (Å²) in [5.74, 6) is 0. The minimum atomic E-state index is 0.786. The van der Waals surface area contributed by atoms with Crippen molar-refractivity contribution in [3.63, 3.8) is 0 Å². The molecule has 0 spiro atoms. The van der Waals surface area contributed by atoms with E-state index in [1.807, 2.05) is 26.0 Å². The zero-order valence-corrected chi connectivity index (χ0v) is 7.76. The molecule has 4 nitrogen and oxygen atoms in total. The molecule has 2 aromatic rings. The maximum absolute atomic E-state index is 4.14. The topological polar surface area (TPSA) is 57.4 Å². The lowest BCUT2D eigenvalue weighted by atomic mass is 10.2. The monoisotopic (exact) mass is 176 g/mol. The second-order valence-electron chi connectivity index (χ2n) is 3.26. The van der Waals surface area contributed by atoms with E-state index in [2.05, 4.69) is 20.4 Å². The Hall–Kier alpha value is -1.58. The summed E-state index contributed by atoms with van der Waals surface area (Å²) < 4.78 is 0. The molecule has 0 radical (unpaired) electrons. The Labute approximate surface area is 76.4 Å². The van der Waals surface area contributed by atoms with Gasteiger partial charge in [-0.1, -0.05) is 0 Å². The Kier molecular flexibility index (Phi) is 1.88. The van der Waals surface area contributed by atoms with Crippen LogP contribution in [0.15, 0.2) is 12.1 Å². The average molecular weight is 176 g/mol. The van der Waals surface area contributed by atoms with E-state index >= 15 is 0 Å². The SMILES string of the molecule is Cc1cc(Cc2cc(C)[nH]n2)n[nH]1. The van der Waals surface area contributed by atoms with Crippen molar-refractivity contribution in [2.24, 2.45) is 0 Å². The third-order valence-electron chi connectivity index (χ3n) is 1.88. The highest BCUT2D eigenvalue weighted by Gasteiger charge is 2.02. The number of aromatic nitrogens is 4. The molecule has 0 aliphatic carbocycles. The molecule has 13 heavy (non-hydrogen) atoms. The quantitative estimate of drug-likeness (QED) is 0.725. The van der Waals surface area contributed by atoms with Crippen molar-refractivity contribution in [3.8, 4) is 0 Å². The highest BCUT2D eigenvalue weighted by Crippen LogP contribution is 2.06. The van der Waals surface area contributed by atoms with E-state index in [1.54, 1.807) is 0 Å². The van der Waals surface area contributed by atoms with Crippen LogP contribution in [0.5, 0.6) is 0 Å². The van der Waals surface area contributed by atoms with Crippen molar-refractivity contribution in [1.29, 1.82) is 0 Å². The Balaban J connectivity index is 2.14. The van der Waals surface area contributed by atoms with Crippen LogP contribution in [0.2, 0.25) is 0 Å². The molecule has 2 heterocycles. The smallest absolute Gasteiger partial charge is 0.0685 e. The van der Waals surface area contributed by atoms with E-state index in [4.69, 9.17) is 0 Å². The first-order chi connectivity index (χ1) is 6.24. The van der Waals surface area contributed by atoms with Gasteiger partial charge in [0.05, 0.1) is 11.4 Å². The summed E-state index contributed by atoms with van der Waals surface area (Å²) in [5, 5.41) is 14.1. The van der Waals surface area contributed by atoms with Crippen LogP contribution in [0.1, 0.15) is 22.8 Å². The molecule has 2 N–H and O–H groups in total. The summed E-state index contributed by atoms with van der Waals surface area (Å²) in [5.41, 5.74) is 4.23. The van der Waals surface area contributed by atoms with Crippen molar-refractivity contribution in [3.05, 3.63) is 34.9 Å². The number of nitrogens with one attached hydrogen (secondary N) is 2. The van der Waals surface area contributed by atoms with Crippen LogP contribution in [0.25, 0.3) is 0 Å². The first-order valence-corrected chi connectivity index (χ1v) is 4.26. The summed E-state index contributed by atoms with van der Waals surface area (Å²) in [6.07, 6.45) is 0.786. The number of nitrogens with zero attached hydrogens (tertiary/aromatic N) is 2. The Morgan fingerprint density at radius 2 is 1.46 bits per heavy atom. The second kappa shape index (κ2) is 3.05. The van der Waals surface area contributed by atoms with Gasteiger partial charge in [-0.05, 0) is 26.0 Å². The van der Waals surface area contributed by atoms with E-state index < -0.39 is 0 Å². The summed E-state index contributed by atoms with van der Waals surface area (Å²) in [6.45, 7) is 3.98. The first kappa shape index (κ1) is 8.04. The number of aryl methyl sites for hydroxylation is 2. The van der Waals surface area contributed by atoms with Gasteiger partial charge in [-0.25, -0.2) is 0 Å². The van der Waals surface area contributed by atoms with Gasteiger partial charge in [0, 0.05) is 17.8 Å². The maximum atomic E-state index is 4.14. The van der Waals surface area contributed by atoms with E-state index in [-0.39, 0.29) is 0 Å². The molecule has 0 aliphatic rings. The summed E-state index contributed by atoms with van der Waals surface area (Å²) in [4.78, 5) is 0. The van der Waals surface area contributed by atoms with Crippen LogP contribution >= 0.6 is 0 Å². The number of hydrogen-bond acceptors (Lipinski definition) is 2. The van der Waals surface area contributed by atoms with Gasteiger partial charge in [0.25, 0.3) is 0 Å². The summed E-state index contributed by atoms with van der Waals surface area (Å²) in [7, 11) is 0. The average Bonchev–Trinajstić information content (AvgIpc) is 2.62. The largest absolute Gasteiger partial charge is 0.283 e. The molecule has 0 saturated carbocycles. The fraction of sp³-hybridized carbons (Fsp3) is 0.333. The van der Waals surface area contributed by atoms with Gasteiger partial charge in [0.2, 0.25) is 0 Å². The minimum Gasteiger partial charge on any atom is -0.283 e. The normalized spacial score (nSPS) is 10.6. The van der Waals surface area contributed by atoms with Gasteiger partial charge in [-0.3, -0.25) is 10.2 Å². The fourth-order valence-electron chi connectivity index (χ4n) is 1.32. The molecule has 68 valence electrons. The van der Waals surface area contributed by atoms with E-state index in [0.717, 1.165) is 29.2 Å². The fourth-order valence-corrected chi connectivity index (χ4v) is 1.32. The second-order valence-corrected chi connectivity index (χ2v) is 3.26. The number of aromatic amines is 2. The Morgan fingerprint density at radius 3 is 1.77 bits per heavy atom. The molecule has 0 atom stereocenters. The van der Waals surface area contributed by atoms with E-state index in [1.165, 1.54) is 0 Å². The minimum absolute atomic E-state index is 0.786. The number of rotatable bonds is 2. The molecular weight excluding hydrogens is 164 g/mol. The van der Waals surface area contributed by atoms with Crippen molar-refractivity contribution in [2.75, 3.05) is 0 Å². The van der Waals surface area contributed by atoms with Gasteiger partial charge in [-0.2, -0.15) is 10.2 Å². The predicted molar refractivity (Wildman–Crippen MR) is 49.5 cm³/mol. The van der Waals surface area contributed by atoms with Crippen LogP contribution in [0.4, 0.5) is 0 Å². The highest BCUT2D eigenvalue weighted by molar-refractivity contribution is 5.16. The van der Waals surface area contributed by atoms with Gasteiger partial charge in [0.1, 0.15) is 0 Å². The molecule has 4 heteroatoms. The lowest BCUT2D eigenvalue weighted by Gasteiger charge is -1.88. The van der Waals surface area contributed by atoms with Crippen molar-refractivity contribution in [2.45, 2.75) is 20.3 Å². The number of hydrogen-bond donors (Lipinski definition) is 2. The third-order valence-corrected chi connectivity index (χ3v) is 1.88. The van der Waals surface area contributed by atoms with Gasteiger partial charge < -0.3 is 0 Å². The molecule has 0 fully saturated rings. The molecule has 2 rings (SSSR count). The van der Waals surface area contributed by atoms with Crippen molar-refractivity contribution < 1.29 is 0 Å². The third kappa shape index (κ3) is 1.77. The highest BCUT2D eigenvalue weighted by atomic mass is 15.1. The molecular formula is C9H12N4. The zero-order valence-electron chi connectivity index (χ0n) is 7.76. The molecule has 0 aromatic carbocycles. The van der Waals surface area contributed by atoms with Gasteiger partial charge >= 0.3 is 0 Å². The van der Waals surface area contributed by atoms with Gasteiger partial charge in [0.15, 0.2) is 0 Å².